The highest BCUT2D eigenvalue weighted by molar-refractivity contribution is 7.98. The Morgan fingerprint density at radius 3 is 2.85 bits per heavy atom. The third-order valence-electron chi connectivity index (χ3n) is 2.79. The predicted molar refractivity (Wildman–Crippen MR) is 85.4 cm³/mol. The number of rotatable bonds is 5. The zero-order chi connectivity index (χ0) is 13.9. The molecule has 0 amide bonds. The van der Waals surface area contributed by atoms with Crippen LogP contribution in [0.1, 0.15) is 17.6 Å². The van der Waals surface area contributed by atoms with E-state index in [1.165, 1.54) is 0 Å². The molecule has 7 heteroatoms. The zero-order valence-corrected chi connectivity index (χ0v) is 13.7. The lowest BCUT2D eigenvalue weighted by atomic mass is 10.4. The van der Waals surface area contributed by atoms with Crippen molar-refractivity contribution in [2.75, 3.05) is 0 Å². The maximum atomic E-state index is 4.48. The minimum absolute atomic E-state index is 0.840. The van der Waals surface area contributed by atoms with Crippen molar-refractivity contribution in [2.24, 2.45) is 0 Å². The van der Waals surface area contributed by atoms with E-state index in [4.69, 9.17) is 0 Å². The summed E-state index contributed by atoms with van der Waals surface area (Å²) in [5.41, 5.74) is 1.11. The average Bonchev–Trinajstić information content (AvgIpc) is 3.16. The molecule has 0 bridgehead atoms. The summed E-state index contributed by atoms with van der Waals surface area (Å²) in [6.45, 7) is 5.03. The van der Waals surface area contributed by atoms with Gasteiger partial charge in [0.2, 0.25) is 0 Å². The van der Waals surface area contributed by atoms with E-state index in [1.54, 1.807) is 34.4 Å². The van der Waals surface area contributed by atoms with Gasteiger partial charge in [0.05, 0.1) is 15.6 Å². The molecule has 3 aromatic heterocycles. The Balaban J connectivity index is 1.80. The molecule has 4 nitrogen and oxygen atoms in total. The molecule has 0 aromatic carbocycles. The lowest BCUT2D eigenvalue weighted by Gasteiger charge is -2.05. The average molecular weight is 322 g/mol. The summed E-state index contributed by atoms with van der Waals surface area (Å²) in [5, 5.41) is 14.9. The Labute approximate surface area is 129 Å². The van der Waals surface area contributed by atoms with E-state index in [0.717, 1.165) is 38.9 Å². The first-order chi connectivity index (χ1) is 9.78. The zero-order valence-electron chi connectivity index (χ0n) is 11.2. The molecule has 104 valence electrons. The Morgan fingerprint density at radius 2 is 2.20 bits per heavy atom. The molecule has 0 aliphatic heterocycles. The van der Waals surface area contributed by atoms with Crippen molar-refractivity contribution in [1.82, 2.24) is 19.7 Å². The Kier molecular flexibility index (Phi) is 4.18. The van der Waals surface area contributed by atoms with Crippen LogP contribution in [0.5, 0.6) is 0 Å². The van der Waals surface area contributed by atoms with Crippen LogP contribution in [-0.2, 0) is 12.3 Å². The van der Waals surface area contributed by atoms with Gasteiger partial charge in [-0.25, -0.2) is 4.98 Å². The van der Waals surface area contributed by atoms with E-state index >= 15 is 0 Å². The van der Waals surface area contributed by atoms with Gasteiger partial charge >= 0.3 is 0 Å². The van der Waals surface area contributed by atoms with Crippen molar-refractivity contribution in [3.05, 3.63) is 33.6 Å². The van der Waals surface area contributed by atoms with Gasteiger partial charge in [0.25, 0.3) is 0 Å². The fraction of sp³-hybridized carbons (Fsp3) is 0.308. The molecule has 0 fully saturated rings. The number of hydrogen-bond donors (Lipinski definition) is 0. The summed E-state index contributed by atoms with van der Waals surface area (Å²) in [6.07, 6.45) is 0. The number of thiophene rings is 1. The molecular formula is C13H14N4S3. The summed E-state index contributed by atoms with van der Waals surface area (Å²) >= 11 is 5.07. The van der Waals surface area contributed by atoms with E-state index in [2.05, 4.69) is 43.5 Å². The van der Waals surface area contributed by atoms with Gasteiger partial charge < -0.3 is 4.57 Å². The highest BCUT2D eigenvalue weighted by Crippen LogP contribution is 2.28. The van der Waals surface area contributed by atoms with Crippen molar-refractivity contribution < 1.29 is 0 Å². The van der Waals surface area contributed by atoms with E-state index in [1.807, 2.05) is 13.0 Å². The highest BCUT2D eigenvalue weighted by atomic mass is 32.2. The van der Waals surface area contributed by atoms with Crippen molar-refractivity contribution in [3.63, 3.8) is 0 Å². The minimum atomic E-state index is 0.840. The quantitative estimate of drug-likeness (QED) is 0.664. The number of aryl methyl sites for hydroxylation is 1. The van der Waals surface area contributed by atoms with Crippen LogP contribution in [0.4, 0.5) is 0 Å². The van der Waals surface area contributed by atoms with Crippen LogP contribution in [0, 0.1) is 6.92 Å². The van der Waals surface area contributed by atoms with Crippen LogP contribution < -0.4 is 0 Å². The van der Waals surface area contributed by atoms with Crippen LogP contribution >= 0.6 is 34.4 Å². The second kappa shape index (κ2) is 6.07. The maximum absolute atomic E-state index is 4.48. The van der Waals surface area contributed by atoms with Crippen LogP contribution in [0.15, 0.2) is 28.0 Å². The second-order valence-corrected chi connectivity index (χ2v) is 7.13. The SMILES string of the molecule is CCn1c(SCc2csc(C)n2)nnc1-c1cccs1. The van der Waals surface area contributed by atoms with Gasteiger partial charge in [-0.3, -0.25) is 0 Å². The largest absolute Gasteiger partial charge is 0.302 e. The van der Waals surface area contributed by atoms with Gasteiger partial charge in [-0.05, 0) is 25.3 Å². The molecule has 0 radical (unpaired) electrons. The van der Waals surface area contributed by atoms with Crippen LogP contribution in [0.3, 0.4) is 0 Å². The molecule has 0 unspecified atom stereocenters. The van der Waals surface area contributed by atoms with Gasteiger partial charge in [0, 0.05) is 17.7 Å². The van der Waals surface area contributed by atoms with Crippen molar-refractivity contribution in [2.45, 2.75) is 31.3 Å². The summed E-state index contributed by atoms with van der Waals surface area (Å²) in [4.78, 5) is 5.64. The molecule has 0 saturated carbocycles. The minimum Gasteiger partial charge on any atom is -0.302 e. The maximum Gasteiger partial charge on any atom is 0.191 e. The first kappa shape index (κ1) is 13.8. The van der Waals surface area contributed by atoms with Crippen molar-refractivity contribution in [3.8, 4) is 10.7 Å². The Hall–Kier alpha value is -1.18. The van der Waals surface area contributed by atoms with Crippen LogP contribution in [0.25, 0.3) is 10.7 Å². The summed E-state index contributed by atoms with van der Waals surface area (Å²) in [5.74, 6) is 1.80. The van der Waals surface area contributed by atoms with Crippen molar-refractivity contribution >= 4 is 34.4 Å². The summed E-state index contributed by atoms with van der Waals surface area (Å²) in [7, 11) is 0. The van der Waals surface area contributed by atoms with Gasteiger partial charge in [-0.1, -0.05) is 17.8 Å². The lowest BCUT2D eigenvalue weighted by Crippen LogP contribution is -1.99. The summed E-state index contributed by atoms with van der Waals surface area (Å²) in [6, 6.07) is 4.12. The fourth-order valence-electron chi connectivity index (χ4n) is 1.88. The monoisotopic (exact) mass is 322 g/mol. The molecule has 0 aliphatic carbocycles. The van der Waals surface area contributed by atoms with E-state index in [-0.39, 0.29) is 0 Å². The summed E-state index contributed by atoms with van der Waals surface area (Å²) < 4.78 is 2.16. The molecule has 20 heavy (non-hydrogen) atoms. The molecule has 0 N–H and O–H groups in total. The van der Waals surface area contributed by atoms with Crippen LogP contribution in [0.2, 0.25) is 0 Å². The lowest BCUT2D eigenvalue weighted by molar-refractivity contribution is 0.688. The number of hydrogen-bond acceptors (Lipinski definition) is 6. The first-order valence-corrected chi connectivity index (χ1v) is 9.03. The Morgan fingerprint density at radius 1 is 1.30 bits per heavy atom. The highest BCUT2D eigenvalue weighted by Gasteiger charge is 2.14. The normalized spacial score (nSPS) is 11.1. The van der Waals surface area contributed by atoms with Gasteiger partial charge in [-0.2, -0.15) is 0 Å². The second-order valence-electron chi connectivity index (χ2n) is 4.17. The molecule has 3 aromatic rings. The molecule has 0 saturated heterocycles. The molecule has 0 atom stereocenters. The molecule has 0 spiro atoms. The van der Waals surface area contributed by atoms with E-state index < -0.39 is 0 Å². The smallest absolute Gasteiger partial charge is 0.191 e. The van der Waals surface area contributed by atoms with E-state index in [0.29, 0.717) is 0 Å². The van der Waals surface area contributed by atoms with Gasteiger partial charge in [0.1, 0.15) is 0 Å². The molecule has 0 aliphatic rings. The predicted octanol–water partition coefficient (Wildman–Crippen LogP) is 4.08. The van der Waals surface area contributed by atoms with Gasteiger partial charge in [-0.15, -0.1) is 32.9 Å². The number of thiazole rings is 1. The number of thioether (sulfide) groups is 1. The standard InChI is InChI=1S/C13H14N4S3/c1-3-17-12(11-5-4-6-18-11)15-16-13(17)20-8-10-7-19-9(2)14-10/h4-7H,3,8H2,1-2H3. The van der Waals surface area contributed by atoms with Crippen molar-refractivity contribution in [1.29, 1.82) is 0 Å². The molecule has 3 heterocycles. The van der Waals surface area contributed by atoms with Crippen LogP contribution in [-0.4, -0.2) is 19.7 Å². The number of nitrogens with zero attached hydrogens (tertiary/aromatic N) is 4. The molecular weight excluding hydrogens is 308 g/mol. The topological polar surface area (TPSA) is 43.6 Å². The van der Waals surface area contributed by atoms with Gasteiger partial charge in [0.15, 0.2) is 11.0 Å². The number of aromatic nitrogens is 4. The Bertz CT molecular complexity index is 684. The fourth-order valence-corrected chi connectivity index (χ4v) is 4.21. The first-order valence-electron chi connectivity index (χ1n) is 6.28. The third kappa shape index (κ3) is 2.79. The van der Waals surface area contributed by atoms with E-state index in [9.17, 15) is 0 Å². The third-order valence-corrected chi connectivity index (χ3v) is 5.48. The molecule has 3 rings (SSSR count).